The number of nitrogens with zero attached hydrogens (tertiary/aromatic N) is 7. The molecular formula is C26H29N7O2. The van der Waals surface area contributed by atoms with E-state index in [1.807, 2.05) is 42.1 Å². The molecule has 0 amide bonds. The SMILES string of the molecule is CCn1cc(-c2ccc(=O)n(Cc3cccc(-c4ncc(OC5CCN(C)CC5)cn4)c3)n2)cn1. The second-order valence-corrected chi connectivity index (χ2v) is 8.86. The van der Waals surface area contributed by atoms with E-state index < -0.39 is 0 Å². The van der Waals surface area contributed by atoms with E-state index in [9.17, 15) is 4.79 Å². The molecule has 1 aromatic carbocycles. The smallest absolute Gasteiger partial charge is 0.267 e. The molecule has 3 aromatic heterocycles. The molecule has 4 heterocycles. The molecule has 0 atom stereocenters. The molecule has 0 radical (unpaired) electrons. The van der Waals surface area contributed by atoms with Gasteiger partial charge in [0.2, 0.25) is 0 Å². The summed E-state index contributed by atoms with van der Waals surface area (Å²) in [7, 11) is 2.13. The first-order valence-electron chi connectivity index (χ1n) is 11.9. The van der Waals surface area contributed by atoms with Crippen LogP contribution in [0.5, 0.6) is 5.75 Å². The number of hydrogen-bond donors (Lipinski definition) is 0. The van der Waals surface area contributed by atoms with Gasteiger partial charge in [0.25, 0.3) is 5.56 Å². The number of benzene rings is 1. The minimum Gasteiger partial charge on any atom is -0.487 e. The summed E-state index contributed by atoms with van der Waals surface area (Å²) in [5.74, 6) is 1.31. The minimum absolute atomic E-state index is 0.159. The Balaban J connectivity index is 1.30. The third-order valence-electron chi connectivity index (χ3n) is 6.23. The van der Waals surface area contributed by atoms with Crippen molar-refractivity contribution in [3.63, 3.8) is 0 Å². The van der Waals surface area contributed by atoms with Crippen LogP contribution in [-0.4, -0.2) is 60.7 Å². The van der Waals surface area contributed by atoms with Gasteiger partial charge in [-0.3, -0.25) is 9.48 Å². The van der Waals surface area contributed by atoms with Crippen LogP contribution in [0, 0.1) is 0 Å². The van der Waals surface area contributed by atoms with Crippen LogP contribution in [0.25, 0.3) is 22.6 Å². The molecule has 0 aliphatic carbocycles. The van der Waals surface area contributed by atoms with Gasteiger partial charge in [0.15, 0.2) is 11.6 Å². The second kappa shape index (κ2) is 10.2. The average molecular weight is 472 g/mol. The summed E-state index contributed by atoms with van der Waals surface area (Å²) in [5, 5.41) is 8.86. The van der Waals surface area contributed by atoms with E-state index in [0.29, 0.717) is 23.8 Å². The van der Waals surface area contributed by atoms with Gasteiger partial charge in [0.1, 0.15) is 6.10 Å². The van der Waals surface area contributed by atoms with Crippen molar-refractivity contribution >= 4 is 0 Å². The fraction of sp³-hybridized carbons (Fsp3) is 0.346. The molecule has 4 aromatic rings. The molecule has 0 saturated carbocycles. The van der Waals surface area contributed by atoms with E-state index in [4.69, 9.17) is 4.74 Å². The predicted molar refractivity (Wildman–Crippen MR) is 133 cm³/mol. The number of likely N-dealkylation sites (tertiary alicyclic amines) is 1. The minimum atomic E-state index is -0.159. The molecule has 0 spiro atoms. The summed E-state index contributed by atoms with van der Waals surface area (Å²) in [6.07, 6.45) is 9.39. The molecule has 9 nitrogen and oxygen atoms in total. The molecule has 35 heavy (non-hydrogen) atoms. The lowest BCUT2D eigenvalue weighted by molar-refractivity contribution is 0.113. The Morgan fingerprint density at radius 3 is 2.57 bits per heavy atom. The van der Waals surface area contributed by atoms with E-state index in [2.05, 4.69) is 32.1 Å². The average Bonchev–Trinajstić information content (AvgIpc) is 3.37. The van der Waals surface area contributed by atoms with Crippen molar-refractivity contribution in [1.82, 2.24) is 34.4 Å². The maximum Gasteiger partial charge on any atom is 0.267 e. The molecule has 0 bridgehead atoms. The molecule has 9 heteroatoms. The Kier molecular flexibility index (Phi) is 6.67. The van der Waals surface area contributed by atoms with Gasteiger partial charge >= 0.3 is 0 Å². The van der Waals surface area contributed by atoms with Gasteiger partial charge < -0.3 is 9.64 Å². The molecule has 0 N–H and O–H groups in total. The maximum atomic E-state index is 12.5. The highest BCUT2D eigenvalue weighted by Gasteiger charge is 2.18. The molecule has 1 aliphatic rings. The molecule has 1 saturated heterocycles. The molecule has 1 aliphatic heterocycles. The fourth-order valence-corrected chi connectivity index (χ4v) is 4.19. The van der Waals surface area contributed by atoms with Gasteiger partial charge in [0.05, 0.1) is 30.8 Å². The van der Waals surface area contributed by atoms with Crippen LogP contribution in [0.2, 0.25) is 0 Å². The topological polar surface area (TPSA) is 91.0 Å². The third kappa shape index (κ3) is 5.46. The van der Waals surface area contributed by atoms with E-state index in [1.54, 1.807) is 30.7 Å². The second-order valence-electron chi connectivity index (χ2n) is 8.86. The first kappa shape index (κ1) is 22.9. The number of rotatable bonds is 7. The lowest BCUT2D eigenvalue weighted by Gasteiger charge is -2.29. The summed E-state index contributed by atoms with van der Waals surface area (Å²) in [6, 6.07) is 11.1. The van der Waals surface area contributed by atoms with Crippen molar-refractivity contribution in [2.24, 2.45) is 0 Å². The largest absolute Gasteiger partial charge is 0.487 e. The van der Waals surface area contributed by atoms with Crippen LogP contribution < -0.4 is 10.3 Å². The first-order valence-corrected chi connectivity index (χ1v) is 11.9. The highest BCUT2D eigenvalue weighted by atomic mass is 16.5. The van der Waals surface area contributed by atoms with Crippen molar-refractivity contribution in [2.45, 2.75) is 39.0 Å². The van der Waals surface area contributed by atoms with Gasteiger partial charge in [-0.05, 0) is 44.5 Å². The zero-order valence-electron chi connectivity index (χ0n) is 20.0. The first-order chi connectivity index (χ1) is 17.1. The van der Waals surface area contributed by atoms with Crippen LogP contribution in [0.3, 0.4) is 0 Å². The van der Waals surface area contributed by atoms with Crippen molar-refractivity contribution in [3.8, 4) is 28.4 Å². The van der Waals surface area contributed by atoms with Gasteiger partial charge in [-0.1, -0.05) is 18.2 Å². The van der Waals surface area contributed by atoms with Crippen molar-refractivity contribution < 1.29 is 4.74 Å². The summed E-state index contributed by atoms with van der Waals surface area (Å²) >= 11 is 0. The number of ether oxygens (including phenoxy) is 1. The summed E-state index contributed by atoms with van der Waals surface area (Å²) in [5.41, 5.74) is 3.25. The molecule has 0 unspecified atom stereocenters. The number of piperidine rings is 1. The predicted octanol–water partition coefficient (Wildman–Crippen LogP) is 3.11. The molecule has 1 fully saturated rings. The van der Waals surface area contributed by atoms with Gasteiger partial charge in [0, 0.05) is 43.0 Å². The summed E-state index contributed by atoms with van der Waals surface area (Å²) < 4.78 is 9.37. The monoisotopic (exact) mass is 471 g/mol. The Hall–Kier alpha value is -3.85. The van der Waals surface area contributed by atoms with E-state index >= 15 is 0 Å². The Morgan fingerprint density at radius 2 is 1.83 bits per heavy atom. The van der Waals surface area contributed by atoms with Crippen LogP contribution >= 0.6 is 0 Å². The summed E-state index contributed by atoms with van der Waals surface area (Å²) in [6.45, 7) is 5.23. The maximum absolute atomic E-state index is 12.5. The van der Waals surface area contributed by atoms with E-state index in [1.165, 1.54) is 4.68 Å². The van der Waals surface area contributed by atoms with Crippen LogP contribution in [0.4, 0.5) is 0 Å². The van der Waals surface area contributed by atoms with E-state index in [0.717, 1.165) is 49.2 Å². The normalized spacial score (nSPS) is 14.8. The zero-order chi connectivity index (χ0) is 24.2. The molecule has 5 rings (SSSR count). The van der Waals surface area contributed by atoms with Gasteiger partial charge in [-0.15, -0.1) is 0 Å². The van der Waals surface area contributed by atoms with Crippen molar-refractivity contribution in [3.05, 3.63) is 77.1 Å². The molecular weight excluding hydrogens is 442 g/mol. The Morgan fingerprint density at radius 1 is 1.03 bits per heavy atom. The van der Waals surface area contributed by atoms with Crippen molar-refractivity contribution in [2.75, 3.05) is 20.1 Å². The number of aromatic nitrogens is 6. The van der Waals surface area contributed by atoms with E-state index in [-0.39, 0.29) is 11.7 Å². The quantitative estimate of drug-likeness (QED) is 0.409. The Bertz CT molecular complexity index is 1340. The standard InChI is InChI=1S/C26H29N7O2/c1-3-32-18-21(14-29-32)24-7-8-25(34)33(30-24)17-19-5-4-6-20(13-19)26-27-15-23(16-28-26)35-22-9-11-31(2)12-10-22/h4-8,13-16,18,22H,3,9-12,17H2,1-2H3. The molecule has 180 valence electrons. The van der Waals surface area contributed by atoms with Gasteiger partial charge in [-0.2, -0.15) is 10.2 Å². The third-order valence-corrected chi connectivity index (χ3v) is 6.23. The van der Waals surface area contributed by atoms with Gasteiger partial charge in [-0.25, -0.2) is 14.6 Å². The number of aryl methyl sites for hydroxylation is 1. The van der Waals surface area contributed by atoms with Crippen molar-refractivity contribution in [1.29, 1.82) is 0 Å². The van der Waals surface area contributed by atoms with Crippen LogP contribution in [0.15, 0.2) is 66.0 Å². The van der Waals surface area contributed by atoms with Crippen LogP contribution in [0.1, 0.15) is 25.3 Å². The highest BCUT2D eigenvalue weighted by molar-refractivity contribution is 5.57. The zero-order valence-corrected chi connectivity index (χ0v) is 20.0. The Labute approximate surface area is 204 Å². The fourth-order valence-electron chi connectivity index (χ4n) is 4.19. The van der Waals surface area contributed by atoms with Crippen LogP contribution in [-0.2, 0) is 13.1 Å². The lowest BCUT2D eigenvalue weighted by atomic mass is 10.1. The summed E-state index contributed by atoms with van der Waals surface area (Å²) in [4.78, 5) is 23.8. The highest BCUT2D eigenvalue weighted by Crippen LogP contribution is 2.21. The lowest BCUT2D eigenvalue weighted by Crippen LogP contribution is -2.35. The number of hydrogen-bond acceptors (Lipinski definition) is 7.